The van der Waals surface area contributed by atoms with Gasteiger partial charge in [0, 0.05) is 12.3 Å². The Kier molecular flexibility index (Phi) is 3.63. The molecule has 3 nitrogen and oxygen atoms in total. The molecule has 0 radical (unpaired) electrons. The number of rotatable bonds is 4. The number of allylic oxidation sites excluding steroid dienone is 4. The van der Waals surface area contributed by atoms with Crippen molar-refractivity contribution in [2.45, 2.75) is 19.8 Å². The summed E-state index contributed by atoms with van der Waals surface area (Å²) in [5.74, 6) is -1.60. The fraction of sp³-hybridized carbons (Fsp3) is 0.455. The van der Waals surface area contributed by atoms with Gasteiger partial charge in [0.1, 0.15) is 5.78 Å². The molecule has 0 aromatic carbocycles. The molecule has 3 heteroatoms. The highest BCUT2D eigenvalue weighted by atomic mass is 16.4. The molecule has 0 heterocycles. The normalized spacial score (nSPS) is 21.9. The van der Waals surface area contributed by atoms with Crippen LogP contribution >= 0.6 is 0 Å². The number of carbonyl (C=O) groups is 2. The monoisotopic (exact) mass is 194 g/mol. The summed E-state index contributed by atoms with van der Waals surface area (Å²) in [6.07, 6.45) is 8.30. The Bertz CT molecular complexity index is 289. The van der Waals surface area contributed by atoms with Crippen LogP contribution < -0.4 is 0 Å². The molecule has 76 valence electrons. The number of hydrogen-bond donors (Lipinski definition) is 1. The van der Waals surface area contributed by atoms with Crippen LogP contribution in [0.2, 0.25) is 0 Å². The zero-order chi connectivity index (χ0) is 10.6. The van der Waals surface area contributed by atoms with Gasteiger partial charge in [0.25, 0.3) is 0 Å². The van der Waals surface area contributed by atoms with Gasteiger partial charge >= 0.3 is 5.97 Å². The highest BCUT2D eigenvalue weighted by Crippen LogP contribution is 2.17. The SMILES string of the molecule is CC(CC(=O)C1C=CC=CC1)C(=O)O. The molecule has 0 aromatic rings. The molecule has 0 aromatic heterocycles. The van der Waals surface area contributed by atoms with E-state index in [1.807, 2.05) is 24.3 Å². The van der Waals surface area contributed by atoms with Gasteiger partial charge in [0.2, 0.25) is 0 Å². The maximum atomic E-state index is 11.6. The summed E-state index contributed by atoms with van der Waals surface area (Å²) >= 11 is 0. The van der Waals surface area contributed by atoms with Gasteiger partial charge in [-0.1, -0.05) is 31.2 Å². The van der Waals surface area contributed by atoms with Crippen LogP contribution in [0.25, 0.3) is 0 Å². The van der Waals surface area contributed by atoms with Crippen LogP contribution in [0.3, 0.4) is 0 Å². The zero-order valence-electron chi connectivity index (χ0n) is 8.14. The molecule has 0 bridgehead atoms. The summed E-state index contributed by atoms with van der Waals surface area (Å²) in [6, 6.07) is 0. The molecule has 14 heavy (non-hydrogen) atoms. The van der Waals surface area contributed by atoms with E-state index in [9.17, 15) is 9.59 Å². The Hall–Kier alpha value is -1.38. The van der Waals surface area contributed by atoms with Crippen molar-refractivity contribution in [3.63, 3.8) is 0 Å². The number of Topliss-reactive ketones (excluding diaryl/α,β-unsaturated/α-hetero) is 1. The molecule has 0 aliphatic heterocycles. The zero-order valence-corrected chi connectivity index (χ0v) is 8.14. The van der Waals surface area contributed by atoms with Crippen LogP contribution in [0, 0.1) is 11.8 Å². The Labute approximate surface area is 83.1 Å². The van der Waals surface area contributed by atoms with E-state index in [0.29, 0.717) is 6.42 Å². The molecule has 1 aliphatic carbocycles. The second-order valence-electron chi connectivity index (χ2n) is 3.56. The molecule has 1 aliphatic rings. The number of carboxylic acid groups (broad SMARTS) is 1. The second kappa shape index (κ2) is 4.74. The van der Waals surface area contributed by atoms with Gasteiger partial charge in [-0.2, -0.15) is 0 Å². The molecule has 0 amide bonds. The fourth-order valence-electron chi connectivity index (χ4n) is 1.36. The van der Waals surface area contributed by atoms with Gasteiger partial charge in [-0.3, -0.25) is 9.59 Å². The van der Waals surface area contributed by atoms with E-state index in [4.69, 9.17) is 5.11 Å². The Morgan fingerprint density at radius 1 is 1.50 bits per heavy atom. The molecule has 2 atom stereocenters. The summed E-state index contributed by atoms with van der Waals surface area (Å²) < 4.78 is 0. The van der Waals surface area contributed by atoms with E-state index in [2.05, 4.69) is 0 Å². The van der Waals surface area contributed by atoms with Gasteiger partial charge in [-0.25, -0.2) is 0 Å². The standard InChI is InChI=1S/C11H14O3/c1-8(11(13)14)7-10(12)9-5-3-2-4-6-9/h2-5,8-9H,6-7H2,1H3,(H,13,14). The lowest BCUT2D eigenvalue weighted by atomic mass is 9.91. The molecule has 0 saturated carbocycles. The summed E-state index contributed by atoms with van der Waals surface area (Å²) in [5, 5.41) is 8.65. The van der Waals surface area contributed by atoms with Crippen LogP contribution in [0.1, 0.15) is 19.8 Å². The van der Waals surface area contributed by atoms with E-state index < -0.39 is 11.9 Å². The quantitative estimate of drug-likeness (QED) is 0.742. The first-order chi connectivity index (χ1) is 6.61. The lowest BCUT2D eigenvalue weighted by Crippen LogP contribution is -2.20. The number of carbonyl (C=O) groups excluding carboxylic acids is 1. The van der Waals surface area contributed by atoms with Crippen LogP contribution in [0.5, 0.6) is 0 Å². The predicted octanol–water partition coefficient (Wildman–Crippen LogP) is 1.80. The topological polar surface area (TPSA) is 54.4 Å². The van der Waals surface area contributed by atoms with Crippen molar-refractivity contribution in [1.82, 2.24) is 0 Å². The van der Waals surface area contributed by atoms with Crippen LogP contribution in [-0.4, -0.2) is 16.9 Å². The largest absolute Gasteiger partial charge is 0.481 e. The molecule has 1 rings (SSSR count). The van der Waals surface area contributed by atoms with E-state index in [0.717, 1.165) is 0 Å². The maximum Gasteiger partial charge on any atom is 0.306 e. The molecule has 0 saturated heterocycles. The molecule has 1 N–H and O–H groups in total. The highest BCUT2D eigenvalue weighted by molar-refractivity contribution is 5.86. The van der Waals surface area contributed by atoms with Gasteiger partial charge < -0.3 is 5.11 Å². The average molecular weight is 194 g/mol. The third kappa shape index (κ3) is 2.83. The minimum Gasteiger partial charge on any atom is -0.481 e. The van der Waals surface area contributed by atoms with Gasteiger partial charge in [-0.05, 0) is 6.42 Å². The number of hydrogen-bond acceptors (Lipinski definition) is 2. The number of carboxylic acids is 1. The Balaban J connectivity index is 2.46. The smallest absolute Gasteiger partial charge is 0.306 e. The van der Waals surface area contributed by atoms with E-state index >= 15 is 0 Å². The lowest BCUT2D eigenvalue weighted by molar-refractivity contribution is -0.143. The molecule has 0 spiro atoms. The predicted molar refractivity (Wildman–Crippen MR) is 52.8 cm³/mol. The van der Waals surface area contributed by atoms with Crippen molar-refractivity contribution in [3.05, 3.63) is 24.3 Å². The molecular formula is C11H14O3. The average Bonchev–Trinajstić information content (AvgIpc) is 2.19. The summed E-state index contributed by atoms with van der Waals surface area (Å²) in [7, 11) is 0. The van der Waals surface area contributed by atoms with Crippen LogP contribution in [0.15, 0.2) is 24.3 Å². The van der Waals surface area contributed by atoms with Gasteiger partial charge in [0.05, 0.1) is 5.92 Å². The number of ketones is 1. The fourth-order valence-corrected chi connectivity index (χ4v) is 1.36. The first-order valence-corrected chi connectivity index (χ1v) is 4.70. The van der Waals surface area contributed by atoms with E-state index in [-0.39, 0.29) is 18.1 Å². The summed E-state index contributed by atoms with van der Waals surface area (Å²) in [6.45, 7) is 1.56. The molecular weight excluding hydrogens is 180 g/mol. The lowest BCUT2D eigenvalue weighted by Gasteiger charge is -2.13. The maximum absolute atomic E-state index is 11.6. The Morgan fingerprint density at radius 3 is 2.71 bits per heavy atom. The van der Waals surface area contributed by atoms with Crippen molar-refractivity contribution in [2.24, 2.45) is 11.8 Å². The van der Waals surface area contributed by atoms with Crippen LogP contribution in [0.4, 0.5) is 0 Å². The first-order valence-electron chi connectivity index (χ1n) is 4.70. The van der Waals surface area contributed by atoms with Crippen molar-refractivity contribution in [3.8, 4) is 0 Å². The van der Waals surface area contributed by atoms with E-state index in [1.165, 1.54) is 0 Å². The van der Waals surface area contributed by atoms with Gasteiger partial charge in [0.15, 0.2) is 0 Å². The first kappa shape index (κ1) is 10.7. The Morgan fingerprint density at radius 2 is 2.21 bits per heavy atom. The minimum absolute atomic E-state index is 0.0144. The van der Waals surface area contributed by atoms with Crippen molar-refractivity contribution in [2.75, 3.05) is 0 Å². The third-order valence-electron chi connectivity index (χ3n) is 2.32. The second-order valence-corrected chi connectivity index (χ2v) is 3.56. The van der Waals surface area contributed by atoms with Gasteiger partial charge in [-0.15, -0.1) is 0 Å². The minimum atomic E-state index is -0.909. The summed E-state index contributed by atoms with van der Waals surface area (Å²) in [4.78, 5) is 22.1. The molecule has 0 fully saturated rings. The van der Waals surface area contributed by atoms with Crippen LogP contribution in [-0.2, 0) is 9.59 Å². The highest BCUT2D eigenvalue weighted by Gasteiger charge is 2.21. The number of aliphatic carboxylic acids is 1. The van der Waals surface area contributed by atoms with Crippen molar-refractivity contribution in [1.29, 1.82) is 0 Å². The summed E-state index contributed by atoms with van der Waals surface area (Å²) in [5.41, 5.74) is 0. The van der Waals surface area contributed by atoms with E-state index in [1.54, 1.807) is 6.92 Å². The van der Waals surface area contributed by atoms with Crippen molar-refractivity contribution < 1.29 is 14.7 Å². The molecule has 2 unspecified atom stereocenters. The van der Waals surface area contributed by atoms with Crippen molar-refractivity contribution >= 4 is 11.8 Å². The third-order valence-corrected chi connectivity index (χ3v) is 2.32.